The predicted octanol–water partition coefficient (Wildman–Crippen LogP) is 13.3. The van der Waals surface area contributed by atoms with Crippen molar-refractivity contribution in [2.45, 2.75) is 231 Å². The Balaban J connectivity index is 4.16. The van der Waals surface area contributed by atoms with Crippen molar-refractivity contribution in [1.29, 1.82) is 0 Å². The standard InChI is InChI=1S/C47H93N2O6P/c1-6-8-10-12-14-16-18-19-20-21-22-23-24-25-26-27-28-29-30-31-33-35-37-39-41-47(51)48-45(44-55-56(52,53)54-43-42-49(3,4)5)46(50)40-38-36-34-32-17-15-13-11-9-7-2/h17,32,38,40,45-46,50H,6-16,18-31,33-37,39,41-44H2,1-5H3,(H-,48,51,52,53)/p+1/b32-17+,40-38+. The Labute approximate surface area is 347 Å². The first-order chi connectivity index (χ1) is 27.0. The molecule has 332 valence electrons. The molecule has 8 nitrogen and oxygen atoms in total. The summed E-state index contributed by atoms with van der Waals surface area (Å²) in [5, 5.41) is 13.8. The van der Waals surface area contributed by atoms with E-state index in [2.05, 4.69) is 31.3 Å². The van der Waals surface area contributed by atoms with Crippen molar-refractivity contribution in [2.24, 2.45) is 0 Å². The van der Waals surface area contributed by atoms with E-state index < -0.39 is 20.0 Å². The van der Waals surface area contributed by atoms with Gasteiger partial charge in [-0.3, -0.25) is 13.8 Å². The molecule has 3 N–H and O–H groups in total. The van der Waals surface area contributed by atoms with Crippen LogP contribution in [0.25, 0.3) is 0 Å². The van der Waals surface area contributed by atoms with Gasteiger partial charge in [0.25, 0.3) is 0 Å². The molecule has 0 rings (SSSR count). The van der Waals surface area contributed by atoms with Crippen LogP contribution in [0.3, 0.4) is 0 Å². The molecule has 0 aromatic rings. The van der Waals surface area contributed by atoms with Crippen molar-refractivity contribution in [3.05, 3.63) is 24.3 Å². The smallest absolute Gasteiger partial charge is 0.387 e. The topological polar surface area (TPSA) is 105 Å². The molecule has 56 heavy (non-hydrogen) atoms. The van der Waals surface area contributed by atoms with E-state index in [0.717, 1.165) is 38.5 Å². The number of carbonyl (C=O) groups is 1. The average molecular weight is 814 g/mol. The predicted molar refractivity (Wildman–Crippen MR) is 240 cm³/mol. The number of carbonyl (C=O) groups excluding carboxylic acids is 1. The normalized spacial score (nSPS) is 14.5. The van der Waals surface area contributed by atoms with E-state index >= 15 is 0 Å². The van der Waals surface area contributed by atoms with Gasteiger partial charge in [0.2, 0.25) is 5.91 Å². The Morgan fingerprint density at radius 2 is 0.982 bits per heavy atom. The first-order valence-electron chi connectivity index (χ1n) is 23.7. The van der Waals surface area contributed by atoms with Gasteiger partial charge in [0.15, 0.2) is 0 Å². The van der Waals surface area contributed by atoms with E-state index in [9.17, 15) is 19.4 Å². The summed E-state index contributed by atoms with van der Waals surface area (Å²) in [5.74, 6) is -0.186. The summed E-state index contributed by atoms with van der Waals surface area (Å²) in [5.41, 5.74) is 0. The van der Waals surface area contributed by atoms with Gasteiger partial charge in [-0.1, -0.05) is 205 Å². The molecule has 0 heterocycles. The first-order valence-corrected chi connectivity index (χ1v) is 25.2. The number of unbranched alkanes of at least 4 members (excludes halogenated alkanes) is 28. The van der Waals surface area contributed by atoms with E-state index in [0.29, 0.717) is 17.4 Å². The number of aliphatic hydroxyl groups is 1. The van der Waals surface area contributed by atoms with Gasteiger partial charge in [-0.15, -0.1) is 0 Å². The zero-order chi connectivity index (χ0) is 41.4. The molecule has 3 unspecified atom stereocenters. The third-order valence-electron chi connectivity index (χ3n) is 10.7. The second-order valence-electron chi connectivity index (χ2n) is 17.5. The number of hydrogen-bond donors (Lipinski definition) is 3. The Morgan fingerprint density at radius 3 is 1.43 bits per heavy atom. The number of rotatable bonds is 43. The summed E-state index contributed by atoms with van der Waals surface area (Å²) in [6.07, 6.45) is 47.0. The lowest BCUT2D eigenvalue weighted by Gasteiger charge is -2.25. The Kier molecular flexibility index (Phi) is 38.7. The minimum Gasteiger partial charge on any atom is -0.387 e. The van der Waals surface area contributed by atoms with Gasteiger partial charge in [-0.05, 0) is 32.1 Å². The van der Waals surface area contributed by atoms with Crippen LogP contribution < -0.4 is 5.32 Å². The molecule has 0 bridgehead atoms. The fraction of sp³-hybridized carbons (Fsp3) is 0.894. The van der Waals surface area contributed by atoms with Crippen LogP contribution in [0.4, 0.5) is 0 Å². The van der Waals surface area contributed by atoms with E-state index in [4.69, 9.17) is 9.05 Å². The highest BCUT2D eigenvalue weighted by Crippen LogP contribution is 2.43. The van der Waals surface area contributed by atoms with Crippen LogP contribution in [0, 0.1) is 0 Å². The molecule has 0 aromatic carbocycles. The average Bonchev–Trinajstić information content (AvgIpc) is 3.15. The molecule has 0 spiro atoms. The summed E-state index contributed by atoms with van der Waals surface area (Å²) >= 11 is 0. The first kappa shape index (κ1) is 55.0. The van der Waals surface area contributed by atoms with Gasteiger partial charge in [0.05, 0.1) is 39.9 Å². The SMILES string of the molecule is CCCCCC/C=C/CC/C=C/C(O)C(COP(=O)(O)OCC[N+](C)(C)C)NC(=O)CCCCCCCCCCCCCCCCCCCCCCCCCC. The van der Waals surface area contributed by atoms with Crippen molar-refractivity contribution in [3.8, 4) is 0 Å². The molecular formula is C47H94N2O6P+. The summed E-state index contributed by atoms with van der Waals surface area (Å²) in [6, 6.07) is -0.857. The summed E-state index contributed by atoms with van der Waals surface area (Å²) < 4.78 is 23.5. The largest absolute Gasteiger partial charge is 0.472 e. The Bertz CT molecular complexity index is 969. The van der Waals surface area contributed by atoms with Crippen molar-refractivity contribution in [2.75, 3.05) is 40.9 Å². The molecule has 0 aliphatic heterocycles. The maximum atomic E-state index is 12.9. The Hall–Kier alpha value is -1.02. The van der Waals surface area contributed by atoms with Gasteiger partial charge in [0, 0.05) is 6.42 Å². The number of quaternary nitrogens is 1. The molecule has 0 aliphatic rings. The number of phosphoric acid groups is 1. The molecule has 0 aromatic heterocycles. The number of hydrogen-bond acceptors (Lipinski definition) is 5. The van der Waals surface area contributed by atoms with Gasteiger partial charge >= 0.3 is 7.82 Å². The van der Waals surface area contributed by atoms with Crippen molar-refractivity contribution in [3.63, 3.8) is 0 Å². The molecular weight excluding hydrogens is 719 g/mol. The number of nitrogens with one attached hydrogen (secondary N) is 1. The van der Waals surface area contributed by atoms with Crippen LogP contribution in [0.1, 0.15) is 219 Å². The molecule has 3 atom stereocenters. The second-order valence-corrected chi connectivity index (χ2v) is 18.9. The number of amides is 1. The number of nitrogens with zero attached hydrogens (tertiary/aromatic N) is 1. The van der Waals surface area contributed by atoms with E-state index in [1.165, 1.54) is 161 Å². The molecule has 0 saturated carbocycles. The second kappa shape index (κ2) is 39.4. The van der Waals surface area contributed by atoms with Crippen LogP contribution >= 0.6 is 7.82 Å². The van der Waals surface area contributed by atoms with Crippen LogP contribution in [0.2, 0.25) is 0 Å². The monoisotopic (exact) mass is 814 g/mol. The minimum atomic E-state index is -4.34. The van der Waals surface area contributed by atoms with E-state index in [1.54, 1.807) is 6.08 Å². The van der Waals surface area contributed by atoms with Crippen LogP contribution in [0.15, 0.2) is 24.3 Å². The number of phosphoric ester groups is 1. The maximum absolute atomic E-state index is 12.9. The number of likely N-dealkylation sites (N-methyl/N-ethyl adjacent to an activating group) is 1. The molecule has 0 fully saturated rings. The van der Waals surface area contributed by atoms with Crippen molar-refractivity contribution in [1.82, 2.24) is 5.32 Å². The van der Waals surface area contributed by atoms with Gasteiger partial charge in [0.1, 0.15) is 13.2 Å². The van der Waals surface area contributed by atoms with Gasteiger partial charge in [-0.25, -0.2) is 4.57 Å². The van der Waals surface area contributed by atoms with Gasteiger partial charge < -0.3 is 19.8 Å². The van der Waals surface area contributed by atoms with Crippen LogP contribution in [0.5, 0.6) is 0 Å². The Morgan fingerprint density at radius 1 is 0.589 bits per heavy atom. The zero-order valence-electron chi connectivity index (χ0n) is 37.6. The van der Waals surface area contributed by atoms with Crippen LogP contribution in [-0.2, 0) is 18.4 Å². The summed E-state index contributed by atoms with van der Waals surface area (Å²) in [7, 11) is 1.56. The van der Waals surface area contributed by atoms with Crippen molar-refractivity contribution >= 4 is 13.7 Å². The molecule has 1 amide bonds. The maximum Gasteiger partial charge on any atom is 0.472 e. The van der Waals surface area contributed by atoms with E-state index in [-0.39, 0.29) is 19.1 Å². The lowest BCUT2D eigenvalue weighted by molar-refractivity contribution is -0.870. The quantitative estimate of drug-likeness (QED) is 0.0245. The fourth-order valence-electron chi connectivity index (χ4n) is 6.88. The molecule has 0 aliphatic carbocycles. The zero-order valence-corrected chi connectivity index (χ0v) is 38.5. The minimum absolute atomic E-state index is 0.0580. The summed E-state index contributed by atoms with van der Waals surface area (Å²) in [4.78, 5) is 23.1. The number of aliphatic hydroxyl groups excluding tert-OH is 1. The fourth-order valence-corrected chi connectivity index (χ4v) is 7.62. The lowest BCUT2D eigenvalue weighted by atomic mass is 10.0. The number of allylic oxidation sites excluding steroid dienone is 3. The third kappa shape index (κ3) is 41.2. The molecule has 0 saturated heterocycles. The third-order valence-corrected chi connectivity index (χ3v) is 11.7. The van der Waals surface area contributed by atoms with Gasteiger partial charge in [-0.2, -0.15) is 0 Å². The highest BCUT2D eigenvalue weighted by molar-refractivity contribution is 7.47. The summed E-state index contributed by atoms with van der Waals surface area (Å²) in [6.45, 7) is 4.77. The lowest BCUT2D eigenvalue weighted by Crippen LogP contribution is -2.45. The highest BCUT2D eigenvalue weighted by Gasteiger charge is 2.27. The van der Waals surface area contributed by atoms with E-state index in [1.807, 2.05) is 27.2 Å². The van der Waals surface area contributed by atoms with Crippen LogP contribution in [-0.4, -0.2) is 73.4 Å². The molecule has 9 heteroatoms. The van der Waals surface area contributed by atoms with Crippen molar-refractivity contribution < 1.29 is 32.9 Å². The highest BCUT2D eigenvalue weighted by atomic mass is 31.2. The molecule has 0 radical (unpaired) electrons.